The third kappa shape index (κ3) is 5.01. The van der Waals surface area contributed by atoms with Crippen LogP contribution in [0.25, 0.3) is 0 Å². The topological polar surface area (TPSA) is 45.1 Å². The van der Waals surface area contributed by atoms with Crippen molar-refractivity contribution in [1.29, 1.82) is 0 Å². The minimum atomic E-state index is -4.49. The van der Waals surface area contributed by atoms with Crippen LogP contribution in [-0.4, -0.2) is 28.9 Å². The molecular formula is C16H16F4N2O. The highest BCUT2D eigenvalue weighted by Gasteiger charge is 2.39. The van der Waals surface area contributed by atoms with E-state index in [1.807, 2.05) is 0 Å². The molecule has 1 aromatic carbocycles. The molecule has 2 N–H and O–H groups in total. The maximum atomic E-state index is 13.5. The molecule has 0 saturated carbocycles. The molecule has 0 saturated heterocycles. The molecule has 1 aromatic heterocycles. The van der Waals surface area contributed by atoms with Crippen molar-refractivity contribution in [1.82, 2.24) is 10.3 Å². The molecule has 2 rings (SSSR count). The zero-order valence-corrected chi connectivity index (χ0v) is 12.1. The Bertz CT molecular complexity index is 619. The highest BCUT2D eigenvalue weighted by atomic mass is 19.4. The van der Waals surface area contributed by atoms with E-state index in [-0.39, 0.29) is 12.0 Å². The SMILES string of the molecule is OC(CNC(Cc1ccncc1)C(F)(F)F)c1ccccc1F. The number of alkyl halides is 3. The Labute approximate surface area is 131 Å². The first-order valence-electron chi connectivity index (χ1n) is 6.99. The average molecular weight is 328 g/mol. The van der Waals surface area contributed by atoms with E-state index in [0.29, 0.717) is 5.56 Å². The van der Waals surface area contributed by atoms with Crippen LogP contribution in [0.2, 0.25) is 0 Å². The van der Waals surface area contributed by atoms with Crippen LogP contribution in [0.3, 0.4) is 0 Å². The summed E-state index contributed by atoms with van der Waals surface area (Å²) in [6.07, 6.45) is -3.32. The maximum Gasteiger partial charge on any atom is 0.404 e. The van der Waals surface area contributed by atoms with Gasteiger partial charge in [0.15, 0.2) is 0 Å². The van der Waals surface area contributed by atoms with Crippen molar-refractivity contribution < 1.29 is 22.7 Å². The first kappa shape index (κ1) is 17.4. The van der Waals surface area contributed by atoms with Crippen LogP contribution in [-0.2, 0) is 6.42 Å². The van der Waals surface area contributed by atoms with E-state index in [1.165, 1.54) is 42.7 Å². The van der Waals surface area contributed by atoms with Crippen molar-refractivity contribution in [2.45, 2.75) is 24.7 Å². The molecule has 0 aliphatic heterocycles. The second-order valence-corrected chi connectivity index (χ2v) is 5.10. The first-order valence-corrected chi connectivity index (χ1v) is 6.99. The Morgan fingerprint density at radius 2 is 1.74 bits per heavy atom. The van der Waals surface area contributed by atoms with Crippen molar-refractivity contribution in [3.63, 3.8) is 0 Å². The molecule has 2 unspecified atom stereocenters. The predicted molar refractivity (Wildman–Crippen MR) is 77.1 cm³/mol. The van der Waals surface area contributed by atoms with Gasteiger partial charge in [-0.3, -0.25) is 4.98 Å². The smallest absolute Gasteiger partial charge is 0.387 e. The summed E-state index contributed by atoms with van der Waals surface area (Å²) in [6, 6.07) is 6.60. The van der Waals surface area contributed by atoms with Crippen molar-refractivity contribution in [3.05, 3.63) is 65.7 Å². The summed E-state index contributed by atoms with van der Waals surface area (Å²) >= 11 is 0. The number of aliphatic hydroxyl groups is 1. The number of hydrogen-bond acceptors (Lipinski definition) is 3. The van der Waals surface area contributed by atoms with Gasteiger partial charge in [-0.25, -0.2) is 4.39 Å². The van der Waals surface area contributed by atoms with Crippen LogP contribution in [0.1, 0.15) is 17.2 Å². The molecule has 0 aliphatic carbocycles. The lowest BCUT2D eigenvalue weighted by Gasteiger charge is -2.23. The van der Waals surface area contributed by atoms with Crippen molar-refractivity contribution >= 4 is 0 Å². The van der Waals surface area contributed by atoms with E-state index in [4.69, 9.17) is 0 Å². The molecule has 2 atom stereocenters. The standard InChI is InChI=1S/C16H16F4N2O/c17-13-4-2-1-3-12(13)14(23)10-22-15(16(18,19)20)9-11-5-7-21-8-6-11/h1-8,14-15,22-23H,9-10H2. The quantitative estimate of drug-likeness (QED) is 0.801. The molecule has 0 amide bonds. The molecule has 23 heavy (non-hydrogen) atoms. The second-order valence-electron chi connectivity index (χ2n) is 5.10. The largest absolute Gasteiger partial charge is 0.404 e. The van der Waals surface area contributed by atoms with Crippen molar-refractivity contribution in [3.8, 4) is 0 Å². The number of aromatic nitrogens is 1. The number of nitrogens with zero attached hydrogens (tertiary/aromatic N) is 1. The molecule has 0 aliphatic rings. The molecule has 124 valence electrons. The number of rotatable bonds is 6. The number of nitrogens with one attached hydrogen (secondary N) is 1. The van der Waals surface area contributed by atoms with E-state index < -0.39 is 30.7 Å². The molecule has 0 bridgehead atoms. The van der Waals surface area contributed by atoms with Gasteiger partial charge >= 0.3 is 6.18 Å². The summed E-state index contributed by atoms with van der Waals surface area (Å²) in [5, 5.41) is 12.2. The van der Waals surface area contributed by atoms with Gasteiger partial charge in [0.1, 0.15) is 11.9 Å². The number of pyridine rings is 1. The van der Waals surface area contributed by atoms with E-state index >= 15 is 0 Å². The molecule has 0 spiro atoms. The Kier molecular flexibility index (Phi) is 5.68. The molecule has 0 radical (unpaired) electrons. The maximum absolute atomic E-state index is 13.5. The van der Waals surface area contributed by atoms with Gasteiger partial charge in [-0.1, -0.05) is 18.2 Å². The van der Waals surface area contributed by atoms with Gasteiger partial charge in [0.2, 0.25) is 0 Å². The number of hydrogen-bond donors (Lipinski definition) is 2. The number of benzene rings is 1. The van der Waals surface area contributed by atoms with Gasteiger partial charge in [0, 0.05) is 24.5 Å². The summed E-state index contributed by atoms with van der Waals surface area (Å²) in [6.45, 7) is -0.407. The van der Waals surface area contributed by atoms with Crippen LogP contribution >= 0.6 is 0 Å². The highest BCUT2D eigenvalue weighted by molar-refractivity contribution is 5.20. The van der Waals surface area contributed by atoms with Crippen LogP contribution in [0.4, 0.5) is 17.6 Å². The third-order valence-corrected chi connectivity index (χ3v) is 3.41. The molecule has 0 fully saturated rings. The predicted octanol–water partition coefficient (Wildman–Crippen LogP) is 3.02. The van der Waals surface area contributed by atoms with Crippen LogP contribution < -0.4 is 5.32 Å². The fourth-order valence-corrected chi connectivity index (χ4v) is 2.17. The van der Waals surface area contributed by atoms with E-state index in [1.54, 1.807) is 0 Å². The summed E-state index contributed by atoms with van der Waals surface area (Å²) in [5.41, 5.74) is 0.431. The second kappa shape index (κ2) is 7.52. The normalized spacial score (nSPS) is 14.5. The lowest BCUT2D eigenvalue weighted by molar-refractivity contribution is -0.156. The summed E-state index contributed by atoms with van der Waals surface area (Å²) in [7, 11) is 0. The first-order chi connectivity index (χ1) is 10.9. The molecule has 7 heteroatoms. The Hall–Kier alpha value is -1.99. The van der Waals surface area contributed by atoms with Gasteiger partial charge in [-0.05, 0) is 30.2 Å². The van der Waals surface area contributed by atoms with E-state index in [9.17, 15) is 22.7 Å². The zero-order valence-electron chi connectivity index (χ0n) is 12.1. The molecular weight excluding hydrogens is 312 g/mol. The minimum Gasteiger partial charge on any atom is -0.387 e. The Balaban J connectivity index is 2.03. The minimum absolute atomic E-state index is 0.0372. The van der Waals surface area contributed by atoms with Gasteiger partial charge in [-0.15, -0.1) is 0 Å². The van der Waals surface area contributed by atoms with Gasteiger partial charge in [-0.2, -0.15) is 13.2 Å². The van der Waals surface area contributed by atoms with Gasteiger partial charge in [0.05, 0.1) is 6.10 Å². The summed E-state index contributed by atoms with van der Waals surface area (Å²) in [4.78, 5) is 3.76. The highest BCUT2D eigenvalue weighted by Crippen LogP contribution is 2.24. The van der Waals surface area contributed by atoms with Gasteiger partial charge in [0.25, 0.3) is 0 Å². The van der Waals surface area contributed by atoms with Crippen LogP contribution in [0.15, 0.2) is 48.8 Å². The van der Waals surface area contributed by atoms with Gasteiger partial charge < -0.3 is 10.4 Å². The van der Waals surface area contributed by atoms with Crippen molar-refractivity contribution in [2.24, 2.45) is 0 Å². The fourth-order valence-electron chi connectivity index (χ4n) is 2.17. The fraction of sp³-hybridized carbons (Fsp3) is 0.312. The lowest BCUT2D eigenvalue weighted by Crippen LogP contribution is -2.45. The van der Waals surface area contributed by atoms with Crippen LogP contribution in [0.5, 0.6) is 0 Å². The number of aliphatic hydroxyl groups excluding tert-OH is 1. The Morgan fingerprint density at radius 3 is 2.35 bits per heavy atom. The summed E-state index contributed by atoms with van der Waals surface area (Å²) < 4.78 is 52.8. The lowest BCUT2D eigenvalue weighted by atomic mass is 10.1. The molecule has 2 aromatic rings. The monoisotopic (exact) mass is 328 g/mol. The third-order valence-electron chi connectivity index (χ3n) is 3.41. The Morgan fingerprint density at radius 1 is 1.09 bits per heavy atom. The van der Waals surface area contributed by atoms with Crippen molar-refractivity contribution in [2.75, 3.05) is 6.54 Å². The van der Waals surface area contributed by atoms with E-state index in [2.05, 4.69) is 10.3 Å². The van der Waals surface area contributed by atoms with E-state index in [0.717, 1.165) is 6.07 Å². The average Bonchev–Trinajstić information content (AvgIpc) is 2.51. The van der Waals surface area contributed by atoms with Crippen LogP contribution in [0, 0.1) is 5.82 Å². The zero-order chi connectivity index (χ0) is 16.9. The number of halogens is 4. The molecule has 1 heterocycles. The molecule has 3 nitrogen and oxygen atoms in total. The summed E-state index contributed by atoms with van der Waals surface area (Å²) in [5.74, 6) is -0.653.